The van der Waals surface area contributed by atoms with Crippen molar-refractivity contribution >= 4 is 17.1 Å². The summed E-state index contributed by atoms with van der Waals surface area (Å²) in [5.74, 6) is -2.29. The maximum absolute atomic E-state index is 14.1. The number of rotatable bonds is 4. The van der Waals surface area contributed by atoms with Crippen LogP contribution < -0.4 is 5.56 Å². The molecule has 174 valence electrons. The number of fused-ring (bicyclic) bond motifs is 1. The summed E-state index contributed by atoms with van der Waals surface area (Å²) < 4.78 is 42.6. The molecule has 34 heavy (non-hydrogen) atoms. The molecule has 0 saturated carbocycles. The summed E-state index contributed by atoms with van der Waals surface area (Å²) in [7, 11) is 0. The Morgan fingerprint density at radius 2 is 1.82 bits per heavy atom. The third kappa shape index (κ3) is 4.04. The maximum Gasteiger partial charge on any atom is 0.281 e. The lowest BCUT2D eigenvalue weighted by molar-refractivity contribution is 0.0706. The van der Waals surface area contributed by atoms with E-state index in [0.717, 1.165) is 12.1 Å². The molecule has 1 aliphatic heterocycles. The number of carbonyl (C=O) groups excluding carboxylic acids is 1. The number of aromatic amines is 1. The number of likely N-dealkylation sites (tertiary alicyclic amines) is 1. The van der Waals surface area contributed by atoms with E-state index in [-0.39, 0.29) is 29.2 Å². The van der Waals surface area contributed by atoms with Gasteiger partial charge in [-0.05, 0) is 31.0 Å². The number of hydrogen-bond donors (Lipinski definition) is 1. The molecule has 11 heteroatoms. The topological polar surface area (TPSA) is 96.8 Å². The van der Waals surface area contributed by atoms with Gasteiger partial charge in [-0.3, -0.25) is 9.59 Å². The fraction of sp³-hybridized carbons (Fsp3) is 0.261. The molecule has 0 radical (unpaired) electrons. The first-order valence-corrected chi connectivity index (χ1v) is 10.7. The normalized spacial score (nSPS) is 14.6. The lowest BCUT2D eigenvalue weighted by Crippen LogP contribution is -2.38. The van der Waals surface area contributed by atoms with E-state index >= 15 is 0 Å². The van der Waals surface area contributed by atoms with Gasteiger partial charge in [0.25, 0.3) is 11.5 Å². The molecule has 5 rings (SSSR count). The first-order valence-electron chi connectivity index (χ1n) is 10.7. The fourth-order valence-electron chi connectivity index (χ4n) is 4.16. The Hall–Kier alpha value is -4.02. The Labute approximate surface area is 191 Å². The Balaban J connectivity index is 1.35. The highest BCUT2D eigenvalue weighted by atomic mass is 19.1. The molecule has 1 saturated heterocycles. The van der Waals surface area contributed by atoms with E-state index in [0.29, 0.717) is 43.4 Å². The maximum atomic E-state index is 14.1. The molecule has 1 amide bonds. The predicted molar refractivity (Wildman–Crippen MR) is 116 cm³/mol. The molecule has 0 bridgehead atoms. The molecule has 0 aliphatic carbocycles. The molecule has 8 nitrogen and oxygen atoms in total. The van der Waals surface area contributed by atoms with E-state index < -0.39 is 28.9 Å². The largest absolute Gasteiger partial charge is 0.339 e. The molecule has 4 aromatic rings. The second-order valence-corrected chi connectivity index (χ2v) is 8.15. The average Bonchev–Trinajstić information content (AvgIpc) is 3.23. The smallest absolute Gasteiger partial charge is 0.281 e. The highest BCUT2D eigenvalue weighted by Gasteiger charge is 2.28. The van der Waals surface area contributed by atoms with E-state index in [1.807, 2.05) is 0 Å². The Morgan fingerprint density at radius 1 is 1.06 bits per heavy atom. The monoisotopic (exact) mass is 468 g/mol. The summed E-state index contributed by atoms with van der Waals surface area (Å²) in [6.07, 6.45) is 0.968. The van der Waals surface area contributed by atoms with Gasteiger partial charge in [0.2, 0.25) is 0 Å². The molecular formula is C23H19F3N6O2. The van der Waals surface area contributed by atoms with Crippen LogP contribution in [0.4, 0.5) is 13.2 Å². The van der Waals surface area contributed by atoms with Crippen LogP contribution in [0.3, 0.4) is 0 Å². The lowest BCUT2D eigenvalue weighted by Gasteiger charge is -2.31. The molecule has 2 aromatic heterocycles. The minimum Gasteiger partial charge on any atom is -0.339 e. The van der Waals surface area contributed by atoms with Crippen molar-refractivity contribution in [1.82, 2.24) is 29.9 Å². The van der Waals surface area contributed by atoms with Crippen molar-refractivity contribution in [3.63, 3.8) is 0 Å². The zero-order valence-corrected chi connectivity index (χ0v) is 17.8. The van der Waals surface area contributed by atoms with Crippen molar-refractivity contribution in [2.75, 3.05) is 13.1 Å². The number of carbonyl (C=O) groups is 1. The summed E-state index contributed by atoms with van der Waals surface area (Å²) in [6, 6.07) is 9.11. The number of piperidine rings is 1. The summed E-state index contributed by atoms with van der Waals surface area (Å²) >= 11 is 0. The van der Waals surface area contributed by atoms with Crippen LogP contribution in [0.5, 0.6) is 0 Å². The first-order chi connectivity index (χ1) is 16.4. The fourth-order valence-corrected chi connectivity index (χ4v) is 4.16. The second-order valence-electron chi connectivity index (χ2n) is 8.15. The van der Waals surface area contributed by atoms with Gasteiger partial charge < -0.3 is 9.88 Å². The average molecular weight is 468 g/mol. The van der Waals surface area contributed by atoms with Crippen molar-refractivity contribution in [1.29, 1.82) is 0 Å². The Bertz CT molecular complexity index is 1440. The Kier molecular flexibility index (Phi) is 5.60. The number of nitrogens with one attached hydrogen (secondary N) is 1. The van der Waals surface area contributed by atoms with Crippen LogP contribution in [0, 0.1) is 17.5 Å². The minimum atomic E-state index is -0.904. The first kappa shape index (κ1) is 21.8. The van der Waals surface area contributed by atoms with Gasteiger partial charge in [0.1, 0.15) is 23.3 Å². The van der Waals surface area contributed by atoms with Gasteiger partial charge >= 0.3 is 0 Å². The third-order valence-corrected chi connectivity index (χ3v) is 6.00. The molecule has 2 aromatic carbocycles. The SMILES string of the molecule is O=C(c1ccc(F)cc1F)N1CCC(c2nc3c(nnn3Cc3ccccc3F)c(=O)[nH]2)CC1. The third-order valence-electron chi connectivity index (χ3n) is 6.00. The van der Waals surface area contributed by atoms with Gasteiger partial charge in [-0.2, -0.15) is 0 Å². The van der Waals surface area contributed by atoms with Gasteiger partial charge in [-0.25, -0.2) is 22.8 Å². The molecule has 0 atom stereocenters. The van der Waals surface area contributed by atoms with Gasteiger partial charge in [0, 0.05) is 30.6 Å². The number of halogens is 3. The van der Waals surface area contributed by atoms with Crippen LogP contribution >= 0.6 is 0 Å². The van der Waals surface area contributed by atoms with Gasteiger partial charge in [0.05, 0.1) is 12.1 Å². The number of benzene rings is 2. The van der Waals surface area contributed by atoms with Crippen LogP contribution in [0.2, 0.25) is 0 Å². The molecule has 1 aliphatic rings. The number of nitrogens with zero attached hydrogens (tertiary/aromatic N) is 5. The molecule has 0 spiro atoms. The molecule has 0 unspecified atom stereocenters. The van der Waals surface area contributed by atoms with Crippen molar-refractivity contribution in [3.05, 3.63) is 87.2 Å². The predicted octanol–water partition coefficient (Wildman–Crippen LogP) is 3.00. The quantitative estimate of drug-likeness (QED) is 0.497. The Morgan fingerprint density at radius 3 is 2.56 bits per heavy atom. The number of H-pyrrole nitrogens is 1. The van der Waals surface area contributed by atoms with Crippen molar-refractivity contribution in [3.8, 4) is 0 Å². The summed E-state index contributed by atoms with van der Waals surface area (Å²) in [5, 5.41) is 7.85. The van der Waals surface area contributed by atoms with E-state index in [1.54, 1.807) is 18.2 Å². The zero-order valence-electron chi connectivity index (χ0n) is 17.8. The van der Waals surface area contributed by atoms with Gasteiger partial charge in [-0.15, -0.1) is 5.10 Å². The van der Waals surface area contributed by atoms with E-state index in [2.05, 4.69) is 20.3 Å². The van der Waals surface area contributed by atoms with Crippen LogP contribution in [-0.2, 0) is 6.54 Å². The molecular weight excluding hydrogens is 449 g/mol. The van der Waals surface area contributed by atoms with Crippen LogP contribution in [0.15, 0.2) is 47.3 Å². The standard InChI is InChI=1S/C23H19F3N6O2/c24-15-5-6-16(18(26)11-15)23(34)31-9-7-13(8-10-31)20-27-21-19(22(33)28-20)29-30-32(21)12-14-3-1-2-4-17(14)25/h1-6,11,13H,7-10,12H2,(H,27,28,33). The molecule has 3 heterocycles. The number of amides is 1. The molecule has 1 N–H and O–H groups in total. The lowest BCUT2D eigenvalue weighted by atomic mass is 9.95. The van der Waals surface area contributed by atoms with Crippen molar-refractivity contribution in [2.45, 2.75) is 25.3 Å². The van der Waals surface area contributed by atoms with E-state index in [4.69, 9.17) is 0 Å². The minimum absolute atomic E-state index is 0.0551. The van der Waals surface area contributed by atoms with Crippen LogP contribution in [0.25, 0.3) is 11.2 Å². The van der Waals surface area contributed by atoms with Gasteiger partial charge in [-0.1, -0.05) is 23.4 Å². The van der Waals surface area contributed by atoms with E-state index in [1.165, 1.54) is 15.6 Å². The number of aromatic nitrogens is 5. The highest BCUT2D eigenvalue weighted by molar-refractivity contribution is 5.94. The van der Waals surface area contributed by atoms with E-state index in [9.17, 15) is 22.8 Å². The highest BCUT2D eigenvalue weighted by Crippen LogP contribution is 2.27. The van der Waals surface area contributed by atoms with Crippen LogP contribution in [0.1, 0.15) is 40.5 Å². The summed E-state index contributed by atoms with van der Waals surface area (Å²) in [6.45, 7) is 0.693. The second kappa shape index (κ2) is 8.73. The van der Waals surface area contributed by atoms with Crippen molar-refractivity contribution in [2.24, 2.45) is 0 Å². The summed E-state index contributed by atoms with van der Waals surface area (Å²) in [4.78, 5) is 34.0. The van der Waals surface area contributed by atoms with Crippen LogP contribution in [-0.4, -0.2) is 48.9 Å². The van der Waals surface area contributed by atoms with Gasteiger partial charge in [0.15, 0.2) is 11.2 Å². The number of hydrogen-bond acceptors (Lipinski definition) is 5. The zero-order chi connectivity index (χ0) is 23.8. The molecule has 1 fully saturated rings. The summed E-state index contributed by atoms with van der Waals surface area (Å²) in [5.41, 5.74) is 0.0498. The van der Waals surface area contributed by atoms with Crippen molar-refractivity contribution < 1.29 is 18.0 Å².